The van der Waals surface area contributed by atoms with Gasteiger partial charge in [0.1, 0.15) is 21.6 Å². The molecular weight excluding hydrogens is 549 g/mol. The zero-order chi connectivity index (χ0) is 28.2. The van der Waals surface area contributed by atoms with E-state index in [-0.39, 0.29) is 40.9 Å². The standard InChI is InChI=1S/C26H25ClFN5O5S/c1-11-14-9-12(5-6-13(14)23(36)33(11)15-7-8-18(34)30-22(15)35)29-25(37)32-26(2,3)24-31-21-17(39-24)10-16(38-4)20(28)19(21)27/h5-6,9-11,15H,7-8H2,1-4H3,(H2,29,32,37)(H,30,34,35)/t11-,15+/m1/s1. The maximum atomic E-state index is 14.4. The number of imide groups is 1. The molecule has 2 aliphatic heterocycles. The molecule has 0 aliphatic carbocycles. The largest absolute Gasteiger partial charge is 0.494 e. The minimum Gasteiger partial charge on any atom is -0.494 e. The molecule has 0 saturated carbocycles. The third-order valence-corrected chi connectivity index (χ3v) is 8.57. The van der Waals surface area contributed by atoms with Crippen molar-refractivity contribution in [3.05, 3.63) is 51.2 Å². The highest BCUT2D eigenvalue weighted by Gasteiger charge is 2.43. The number of halogens is 2. The van der Waals surface area contributed by atoms with Crippen molar-refractivity contribution in [2.75, 3.05) is 12.4 Å². The maximum Gasteiger partial charge on any atom is 0.319 e. The summed E-state index contributed by atoms with van der Waals surface area (Å²) in [5, 5.41) is 8.30. The van der Waals surface area contributed by atoms with Gasteiger partial charge in [0, 0.05) is 23.7 Å². The van der Waals surface area contributed by atoms with E-state index in [1.807, 2.05) is 0 Å². The Labute approximate surface area is 231 Å². The number of nitrogens with zero attached hydrogens (tertiary/aromatic N) is 2. The van der Waals surface area contributed by atoms with Crippen molar-refractivity contribution in [1.82, 2.24) is 20.5 Å². The Hall–Kier alpha value is -3.77. The number of anilines is 1. The molecule has 1 aromatic heterocycles. The van der Waals surface area contributed by atoms with Crippen LogP contribution < -0.4 is 20.7 Å². The third-order valence-electron chi connectivity index (χ3n) is 6.90. The predicted octanol–water partition coefficient (Wildman–Crippen LogP) is 4.48. The number of amides is 5. The summed E-state index contributed by atoms with van der Waals surface area (Å²) in [5.74, 6) is -1.84. The van der Waals surface area contributed by atoms with Gasteiger partial charge in [-0.1, -0.05) is 11.6 Å². The van der Waals surface area contributed by atoms with Gasteiger partial charge in [0.05, 0.1) is 23.4 Å². The van der Waals surface area contributed by atoms with Crippen molar-refractivity contribution >= 4 is 62.6 Å². The molecule has 204 valence electrons. The lowest BCUT2D eigenvalue weighted by Crippen LogP contribution is -2.53. The highest BCUT2D eigenvalue weighted by atomic mass is 35.5. The number of carbonyl (C=O) groups is 4. The Balaban J connectivity index is 1.32. The van der Waals surface area contributed by atoms with Crippen molar-refractivity contribution in [2.45, 2.75) is 51.2 Å². The van der Waals surface area contributed by atoms with Crippen LogP contribution >= 0.6 is 22.9 Å². The lowest BCUT2D eigenvalue weighted by molar-refractivity contribution is -0.137. The molecule has 1 fully saturated rings. The van der Waals surface area contributed by atoms with Gasteiger partial charge in [-0.2, -0.15) is 0 Å². The number of urea groups is 1. The molecule has 3 aromatic rings. The molecule has 5 amide bonds. The van der Waals surface area contributed by atoms with E-state index < -0.39 is 35.4 Å². The number of piperidine rings is 1. The van der Waals surface area contributed by atoms with E-state index in [1.165, 1.54) is 29.4 Å². The number of rotatable bonds is 5. The van der Waals surface area contributed by atoms with Crippen LogP contribution in [-0.2, 0) is 15.1 Å². The number of ether oxygens (including phenoxy) is 1. The molecule has 3 heterocycles. The zero-order valence-electron chi connectivity index (χ0n) is 21.5. The first-order valence-electron chi connectivity index (χ1n) is 12.1. The number of nitrogens with one attached hydrogen (secondary N) is 3. The average molecular weight is 574 g/mol. The molecule has 39 heavy (non-hydrogen) atoms. The molecule has 13 heteroatoms. The van der Waals surface area contributed by atoms with Crippen molar-refractivity contribution in [3.63, 3.8) is 0 Å². The summed E-state index contributed by atoms with van der Waals surface area (Å²) in [5.41, 5.74) is 0.892. The van der Waals surface area contributed by atoms with E-state index in [0.29, 0.717) is 26.5 Å². The number of methoxy groups -OCH3 is 1. The Morgan fingerprint density at radius 2 is 2.03 bits per heavy atom. The summed E-state index contributed by atoms with van der Waals surface area (Å²) in [6.07, 6.45) is 0.420. The molecule has 0 spiro atoms. The van der Waals surface area contributed by atoms with Crippen LogP contribution in [0.15, 0.2) is 24.3 Å². The van der Waals surface area contributed by atoms with Crippen LogP contribution in [0.25, 0.3) is 10.2 Å². The van der Waals surface area contributed by atoms with E-state index in [1.54, 1.807) is 39.0 Å². The fourth-order valence-corrected chi connectivity index (χ4v) is 6.26. The molecule has 0 bridgehead atoms. The maximum absolute atomic E-state index is 14.4. The summed E-state index contributed by atoms with van der Waals surface area (Å²) in [4.78, 5) is 55.9. The quantitative estimate of drug-likeness (QED) is 0.386. The number of fused-ring (bicyclic) bond motifs is 2. The number of aromatic nitrogens is 1. The van der Waals surface area contributed by atoms with Gasteiger partial charge in [-0.05, 0) is 51.0 Å². The van der Waals surface area contributed by atoms with Gasteiger partial charge < -0.3 is 20.3 Å². The van der Waals surface area contributed by atoms with Gasteiger partial charge in [0.15, 0.2) is 11.6 Å². The van der Waals surface area contributed by atoms with Crippen LogP contribution in [-0.4, -0.2) is 46.8 Å². The first-order valence-corrected chi connectivity index (χ1v) is 13.3. The topological polar surface area (TPSA) is 130 Å². The van der Waals surface area contributed by atoms with Gasteiger partial charge in [-0.3, -0.25) is 19.7 Å². The third kappa shape index (κ3) is 4.67. The van der Waals surface area contributed by atoms with Crippen molar-refractivity contribution in [3.8, 4) is 5.75 Å². The van der Waals surface area contributed by atoms with Crippen molar-refractivity contribution < 1.29 is 28.3 Å². The Morgan fingerprint density at radius 3 is 2.72 bits per heavy atom. The molecule has 10 nitrogen and oxygen atoms in total. The van der Waals surface area contributed by atoms with E-state index in [4.69, 9.17) is 16.3 Å². The number of thiazole rings is 1. The summed E-state index contributed by atoms with van der Waals surface area (Å²) in [7, 11) is 1.35. The zero-order valence-corrected chi connectivity index (χ0v) is 23.1. The lowest BCUT2D eigenvalue weighted by Gasteiger charge is -2.32. The Morgan fingerprint density at radius 1 is 1.28 bits per heavy atom. The SMILES string of the molecule is COc1cc2sc(C(C)(C)NC(=O)Nc3ccc4c(c3)[C@@H](C)N([C@H]3CCC(=O)NC3=O)C4=O)nc2c(Cl)c1F. The Bertz CT molecular complexity index is 1560. The number of benzene rings is 2. The van der Waals surface area contributed by atoms with Crippen LogP contribution in [0.1, 0.15) is 60.6 Å². The highest BCUT2D eigenvalue weighted by Crippen LogP contribution is 2.40. The van der Waals surface area contributed by atoms with Crippen molar-refractivity contribution in [2.24, 2.45) is 0 Å². The normalized spacial score (nSPS) is 19.2. The van der Waals surface area contributed by atoms with Crippen LogP contribution in [0.3, 0.4) is 0 Å². The van der Waals surface area contributed by atoms with Gasteiger partial charge in [0.25, 0.3) is 5.91 Å². The van der Waals surface area contributed by atoms with Crippen LogP contribution in [0.2, 0.25) is 5.02 Å². The second-order valence-electron chi connectivity index (χ2n) is 9.93. The van der Waals surface area contributed by atoms with E-state index >= 15 is 0 Å². The monoisotopic (exact) mass is 573 g/mol. The fraction of sp³-hybridized carbons (Fsp3) is 0.346. The molecule has 2 aromatic carbocycles. The van der Waals surface area contributed by atoms with Gasteiger partial charge in [-0.15, -0.1) is 11.3 Å². The lowest BCUT2D eigenvalue weighted by atomic mass is 10.0. The van der Waals surface area contributed by atoms with Crippen LogP contribution in [0, 0.1) is 5.82 Å². The molecule has 2 aliphatic rings. The van der Waals surface area contributed by atoms with Crippen molar-refractivity contribution in [1.29, 1.82) is 0 Å². The second-order valence-corrected chi connectivity index (χ2v) is 11.3. The van der Waals surface area contributed by atoms with E-state index in [9.17, 15) is 23.6 Å². The summed E-state index contributed by atoms with van der Waals surface area (Å²) < 4.78 is 20.0. The highest BCUT2D eigenvalue weighted by molar-refractivity contribution is 7.18. The van der Waals surface area contributed by atoms with Crippen LogP contribution in [0.4, 0.5) is 14.9 Å². The summed E-state index contributed by atoms with van der Waals surface area (Å²) >= 11 is 7.41. The molecule has 2 atom stereocenters. The number of hydrogen-bond acceptors (Lipinski definition) is 7. The smallest absolute Gasteiger partial charge is 0.319 e. The molecular formula is C26H25ClFN5O5S. The number of hydrogen-bond donors (Lipinski definition) is 3. The summed E-state index contributed by atoms with van der Waals surface area (Å²) in [6, 6.07) is 4.74. The second kappa shape index (κ2) is 9.76. The minimum absolute atomic E-state index is 0.00620. The van der Waals surface area contributed by atoms with E-state index in [2.05, 4.69) is 20.9 Å². The summed E-state index contributed by atoms with van der Waals surface area (Å²) in [6.45, 7) is 5.32. The molecule has 0 radical (unpaired) electrons. The molecule has 1 saturated heterocycles. The van der Waals surface area contributed by atoms with Gasteiger partial charge in [0.2, 0.25) is 11.8 Å². The number of carbonyl (C=O) groups excluding carboxylic acids is 4. The van der Waals surface area contributed by atoms with E-state index in [0.717, 1.165) is 0 Å². The predicted molar refractivity (Wildman–Crippen MR) is 144 cm³/mol. The molecule has 5 rings (SSSR count). The first kappa shape index (κ1) is 26.8. The minimum atomic E-state index is -0.941. The van der Waals surface area contributed by atoms with Gasteiger partial charge >= 0.3 is 6.03 Å². The Kier molecular flexibility index (Phi) is 6.71. The average Bonchev–Trinajstić information content (AvgIpc) is 3.41. The fourth-order valence-electron chi connectivity index (χ4n) is 4.90. The first-order chi connectivity index (χ1) is 18.4. The molecule has 0 unspecified atom stereocenters. The van der Waals surface area contributed by atoms with Crippen LogP contribution in [0.5, 0.6) is 5.75 Å². The molecule has 3 N–H and O–H groups in total. The van der Waals surface area contributed by atoms with Gasteiger partial charge in [-0.25, -0.2) is 14.2 Å².